The number of nitrogens with one attached hydrogen (secondary N) is 1. The van der Waals surface area contributed by atoms with Crippen molar-refractivity contribution in [3.05, 3.63) is 51.8 Å². The van der Waals surface area contributed by atoms with Crippen molar-refractivity contribution in [1.29, 1.82) is 0 Å². The van der Waals surface area contributed by atoms with Crippen LogP contribution in [0.25, 0.3) is 32.9 Å². The fourth-order valence-corrected chi connectivity index (χ4v) is 4.93. The molecule has 0 radical (unpaired) electrons. The van der Waals surface area contributed by atoms with Crippen molar-refractivity contribution in [3.63, 3.8) is 0 Å². The molecule has 188 valence electrons. The number of methoxy groups -OCH3 is 2. The molecule has 0 aliphatic carbocycles. The van der Waals surface area contributed by atoms with Crippen molar-refractivity contribution in [2.75, 3.05) is 27.3 Å². The number of carbonyl (C=O) groups excluding carboxylic acids is 1. The molecule has 0 bridgehead atoms. The van der Waals surface area contributed by atoms with Crippen LogP contribution in [-0.2, 0) is 7.05 Å². The van der Waals surface area contributed by atoms with Gasteiger partial charge in [0.15, 0.2) is 5.75 Å². The molecule has 1 saturated heterocycles. The maximum atomic E-state index is 16.1. The zero-order chi connectivity index (χ0) is 25.7. The van der Waals surface area contributed by atoms with Crippen molar-refractivity contribution in [2.24, 2.45) is 7.05 Å². The van der Waals surface area contributed by atoms with E-state index in [1.165, 1.54) is 25.3 Å². The van der Waals surface area contributed by atoms with Gasteiger partial charge in [0.25, 0.3) is 17.3 Å². The summed E-state index contributed by atoms with van der Waals surface area (Å²) in [5.41, 5.74) is 1.36. The van der Waals surface area contributed by atoms with Gasteiger partial charge in [-0.15, -0.1) is 0 Å². The minimum atomic E-state index is -0.960. The third-order valence-electron chi connectivity index (χ3n) is 6.96. The molecular formula is C26H26F2N4O4. The van der Waals surface area contributed by atoms with E-state index in [1.807, 2.05) is 18.5 Å². The molecule has 8 nitrogen and oxygen atoms in total. The van der Waals surface area contributed by atoms with Crippen molar-refractivity contribution < 1.29 is 23.0 Å². The van der Waals surface area contributed by atoms with E-state index in [2.05, 4.69) is 9.97 Å². The number of hydrogen-bond donors (Lipinski definition) is 1. The third kappa shape index (κ3) is 3.59. The molecule has 4 aromatic rings. The molecule has 1 aliphatic heterocycles. The van der Waals surface area contributed by atoms with Gasteiger partial charge in [0, 0.05) is 53.9 Å². The number of pyridine rings is 2. The van der Waals surface area contributed by atoms with Gasteiger partial charge in [-0.05, 0) is 38.0 Å². The van der Waals surface area contributed by atoms with Crippen LogP contribution < -0.4 is 15.0 Å². The van der Waals surface area contributed by atoms with Crippen LogP contribution in [0.15, 0.2) is 29.2 Å². The summed E-state index contributed by atoms with van der Waals surface area (Å²) in [7, 11) is 4.60. The summed E-state index contributed by atoms with van der Waals surface area (Å²) in [6, 6.07) is 5.11. The van der Waals surface area contributed by atoms with Gasteiger partial charge in [-0.2, -0.15) is 0 Å². The second-order valence-electron chi connectivity index (χ2n) is 8.96. The number of benzene rings is 1. The Morgan fingerprint density at radius 2 is 1.92 bits per heavy atom. The molecule has 0 saturated carbocycles. The molecule has 4 heterocycles. The number of fused-ring (bicyclic) bond motifs is 2. The van der Waals surface area contributed by atoms with Crippen molar-refractivity contribution >= 4 is 27.7 Å². The maximum Gasteiger partial charge on any atom is 0.274 e. The van der Waals surface area contributed by atoms with Crippen LogP contribution in [0.5, 0.6) is 11.6 Å². The number of aryl methyl sites for hydroxylation is 2. The smallest absolute Gasteiger partial charge is 0.274 e. The number of aromatic amines is 1. The molecule has 5 rings (SSSR count). The number of carbonyl (C=O) groups is 1. The van der Waals surface area contributed by atoms with Gasteiger partial charge in [0.1, 0.15) is 17.5 Å². The molecule has 1 aromatic carbocycles. The molecular weight excluding hydrogens is 470 g/mol. The zero-order valence-electron chi connectivity index (χ0n) is 20.4. The first-order valence-electron chi connectivity index (χ1n) is 11.6. The second kappa shape index (κ2) is 8.92. The third-order valence-corrected chi connectivity index (χ3v) is 6.96. The van der Waals surface area contributed by atoms with Crippen LogP contribution >= 0.6 is 0 Å². The largest absolute Gasteiger partial charge is 0.491 e. The van der Waals surface area contributed by atoms with Crippen LogP contribution in [0.4, 0.5) is 8.78 Å². The predicted octanol–water partition coefficient (Wildman–Crippen LogP) is 4.12. The van der Waals surface area contributed by atoms with Crippen LogP contribution in [0.1, 0.15) is 28.9 Å². The number of likely N-dealkylation sites (tertiary alicyclic amines) is 1. The second-order valence-corrected chi connectivity index (χ2v) is 8.96. The number of rotatable bonds is 4. The Morgan fingerprint density at radius 3 is 2.58 bits per heavy atom. The normalized spacial score (nSPS) is 14.6. The Bertz CT molecular complexity index is 1570. The Labute approximate surface area is 205 Å². The van der Waals surface area contributed by atoms with E-state index in [0.717, 1.165) is 5.69 Å². The van der Waals surface area contributed by atoms with Crippen molar-refractivity contribution in [1.82, 2.24) is 19.4 Å². The van der Waals surface area contributed by atoms with Gasteiger partial charge in [-0.1, -0.05) is 0 Å². The Morgan fingerprint density at radius 1 is 1.19 bits per heavy atom. The first kappa shape index (κ1) is 23.8. The topological polar surface area (TPSA) is 89.5 Å². The fourth-order valence-electron chi connectivity index (χ4n) is 4.93. The average Bonchev–Trinajstić information content (AvgIpc) is 3.18. The summed E-state index contributed by atoms with van der Waals surface area (Å²) in [5, 5.41) is 0.538. The van der Waals surface area contributed by atoms with E-state index < -0.39 is 23.5 Å². The predicted molar refractivity (Wildman–Crippen MR) is 132 cm³/mol. The average molecular weight is 497 g/mol. The van der Waals surface area contributed by atoms with Crippen LogP contribution in [0, 0.1) is 12.7 Å². The van der Waals surface area contributed by atoms with E-state index in [9.17, 15) is 14.0 Å². The summed E-state index contributed by atoms with van der Waals surface area (Å²) in [6.45, 7) is 2.35. The highest BCUT2D eigenvalue weighted by molar-refractivity contribution is 6.13. The summed E-state index contributed by atoms with van der Waals surface area (Å²) in [5.74, 6) is -0.855. The molecule has 36 heavy (non-hydrogen) atoms. The minimum absolute atomic E-state index is 0.0166. The number of amides is 1. The summed E-state index contributed by atoms with van der Waals surface area (Å²) in [6.07, 6.45) is 0.800. The van der Waals surface area contributed by atoms with E-state index >= 15 is 4.39 Å². The van der Waals surface area contributed by atoms with Crippen LogP contribution in [0.2, 0.25) is 0 Å². The molecule has 0 atom stereocenters. The van der Waals surface area contributed by atoms with Gasteiger partial charge >= 0.3 is 0 Å². The molecule has 0 spiro atoms. The van der Waals surface area contributed by atoms with Crippen molar-refractivity contribution in [3.8, 4) is 22.8 Å². The first-order valence-corrected chi connectivity index (χ1v) is 11.6. The minimum Gasteiger partial charge on any atom is -0.491 e. The van der Waals surface area contributed by atoms with Gasteiger partial charge in [-0.3, -0.25) is 9.59 Å². The lowest BCUT2D eigenvalue weighted by Crippen LogP contribution is -2.39. The summed E-state index contributed by atoms with van der Waals surface area (Å²) >= 11 is 0. The molecule has 1 N–H and O–H groups in total. The molecule has 1 fully saturated rings. The van der Waals surface area contributed by atoms with E-state index in [4.69, 9.17) is 9.47 Å². The molecule has 10 heteroatoms. The lowest BCUT2D eigenvalue weighted by molar-refractivity contribution is 0.0668. The van der Waals surface area contributed by atoms with E-state index in [1.54, 1.807) is 18.2 Å². The highest BCUT2D eigenvalue weighted by Gasteiger charge is 2.30. The zero-order valence-corrected chi connectivity index (χ0v) is 20.4. The Balaban J connectivity index is 1.86. The molecule has 1 aliphatic rings. The van der Waals surface area contributed by atoms with E-state index in [0.29, 0.717) is 10.9 Å². The molecule has 1 amide bonds. The number of nitrogens with zero attached hydrogens (tertiary/aromatic N) is 3. The number of aromatic nitrogens is 3. The lowest BCUT2D eigenvalue weighted by atomic mass is 9.95. The van der Waals surface area contributed by atoms with Gasteiger partial charge in [0.2, 0.25) is 0 Å². The maximum absolute atomic E-state index is 16.1. The van der Waals surface area contributed by atoms with Crippen LogP contribution in [0.3, 0.4) is 0 Å². The van der Waals surface area contributed by atoms with Gasteiger partial charge in [-0.25, -0.2) is 13.8 Å². The number of alkyl halides is 1. The highest BCUT2D eigenvalue weighted by Crippen LogP contribution is 2.44. The van der Waals surface area contributed by atoms with Crippen molar-refractivity contribution in [2.45, 2.75) is 25.9 Å². The van der Waals surface area contributed by atoms with Crippen LogP contribution in [-0.4, -0.2) is 58.8 Å². The number of ether oxygens (including phenoxy) is 2. The highest BCUT2D eigenvalue weighted by atomic mass is 19.1. The Kier molecular flexibility index (Phi) is 5.89. The lowest BCUT2D eigenvalue weighted by Gasteiger charge is -2.29. The number of piperidine rings is 1. The summed E-state index contributed by atoms with van der Waals surface area (Å²) in [4.78, 5) is 34.9. The first-order chi connectivity index (χ1) is 17.3. The molecule has 3 aromatic heterocycles. The number of halogens is 2. The summed E-state index contributed by atoms with van der Waals surface area (Å²) < 4.78 is 42.7. The van der Waals surface area contributed by atoms with Gasteiger partial charge < -0.3 is 23.9 Å². The number of H-pyrrole nitrogens is 1. The van der Waals surface area contributed by atoms with Gasteiger partial charge in [0.05, 0.1) is 25.3 Å². The fraction of sp³-hybridized carbons (Fsp3) is 0.346. The number of hydrogen-bond acceptors (Lipinski definition) is 5. The SMILES string of the molecule is COc1nc2c(=O)[nH]cc(C(=O)N3CCC(F)CC3)c2c(-c2ccc3c(cc(C)n3C)c2F)c1OC. The quantitative estimate of drug-likeness (QED) is 0.459. The Hall–Kier alpha value is -3.95. The van der Waals surface area contributed by atoms with E-state index in [-0.39, 0.29) is 65.2 Å². The standard InChI is InChI=1S/C26H26F2N4O4/c1-13-11-16-18(31(13)2)6-5-15(21(16)28)20-19-17(26(34)32-9-7-14(27)8-10-32)12-29-24(33)22(19)30-25(36-4)23(20)35-3/h5-6,11-12,14H,7-10H2,1-4H3,(H,29,33). The monoisotopic (exact) mass is 496 g/mol. The molecule has 0 unspecified atom stereocenters.